The second-order valence-electron chi connectivity index (χ2n) is 3.97. The Hall–Kier alpha value is -1.09. The molecule has 0 aliphatic heterocycles. The van der Waals surface area contributed by atoms with Crippen LogP contribution < -0.4 is 0 Å². The average Bonchev–Trinajstić information content (AvgIpc) is 2.36. The molecular formula is C13H17FN2S. The lowest BCUT2D eigenvalue weighted by molar-refractivity contribution is 0.312. The van der Waals surface area contributed by atoms with E-state index in [1.165, 1.54) is 5.56 Å². The van der Waals surface area contributed by atoms with Gasteiger partial charge in [0, 0.05) is 13.1 Å². The van der Waals surface area contributed by atoms with E-state index < -0.39 is 0 Å². The minimum Gasteiger partial charge on any atom is -0.306 e. The van der Waals surface area contributed by atoms with Gasteiger partial charge in [0.25, 0.3) is 0 Å². The number of alkyl halides is 1. The Labute approximate surface area is 107 Å². The van der Waals surface area contributed by atoms with Crippen molar-refractivity contribution in [2.45, 2.75) is 12.8 Å². The molecule has 2 nitrogen and oxygen atoms in total. The fourth-order valence-corrected chi connectivity index (χ4v) is 1.66. The average molecular weight is 251 g/mol. The third-order valence-electron chi connectivity index (χ3n) is 2.57. The summed E-state index contributed by atoms with van der Waals surface area (Å²) in [6, 6.07) is 7.93. The van der Waals surface area contributed by atoms with Crippen molar-refractivity contribution in [3.05, 3.63) is 29.8 Å². The fraction of sp³-hybridized carbons (Fsp3) is 0.462. The molecule has 0 aliphatic rings. The number of hydrogen-bond donors (Lipinski definition) is 0. The van der Waals surface area contributed by atoms with Crippen LogP contribution >= 0.6 is 12.2 Å². The van der Waals surface area contributed by atoms with Gasteiger partial charge in [-0.05, 0) is 49.8 Å². The number of rotatable bonds is 7. The van der Waals surface area contributed by atoms with E-state index in [9.17, 15) is 4.39 Å². The number of aliphatic imine (C=N–C) groups is 1. The Morgan fingerprint density at radius 2 is 2.00 bits per heavy atom. The molecule has 0 amide bonds. The van der Waals surface area contributed by atoms with Crippen LogP contribution in [0.4, 0.5) is 10.1 Å². The van der Waals surface area contributed by atoms with Crippen LogP contribution in [0.25, 0.3) is 0 Å². The zero-order valence-electron chi connectivity index (χ0n) is 10.0. The number of benzene rings is 1. The molecule has 0 aromatic heterocycles. The summed E-state index contributed by atoms with van der Waals surface area (Å²) < 4.78 is 12.0. The van der Waals surface area contributed by atoms with E-state index in [2.05, 4.69) is 27.3 Å². The Kier molecular flexibility index (Phi) is 6.63. The maximum absolute atomic E-state index is 12.0. The van der Waals surface area contributed by atoms with Crippen molar-refractivity contribution in [1.29, 1.82) is 0 Å². The van der Waals surface area contributed by atoms with Crippen molar-refractivity contribution in [3.63, 3.8) is 0 Å². The van der Waals surface area contributed by atoms with Crippen molar-refractivity contribution in [2.75, 3.05) is 26.8 Å². The summed E-state index contributed by atoms with van der Waals surface area (Å²) >= 11 is 4.54. The van der Waals surface area contributed by atoms with E-state index in [0.29, 0.717) is 6.42 Å². The van der Waals surface area contributed by atoms with Gasteiger partial charge in [0.2, 0.25) is 0 Å². The van der Waals surface area contributed by atoms with Crippen LogP contribution in [-0.2, 0) is 6.42 Å². The standard InChI is InChI=1S/C13H17FN2S/c1-16(9-2-8-14)10-7-12-3-5-13(6-4-12)15-11-17/h3-6H,2,7-10H2,1H3/i14-1. The summed E-state index contributed by atoms with van der Waals surface area (Å²) in [5, 5.41) is 2.34. The SMILES string of the molecule is CN(CCC[18F])CCc1ccc(N=C=S)cc1. The summed E-state index contributed by atoms with van der Waals surface area (Å²) in [5.74, 6) is 0. The highest BCUT2D eigenvalue weighted by atomic mass is 32.1. The van der Waals surface area contributed by atoms with Crippen LogP contribution in [0.3, 0.4) is 0 Å². The molecule has 0 unspecified atom stereocenters. The number of isothiocyanates is 1. The first kappa shape index (κ1) is 14.0. The predicted octanol–water partition coefficient (Wildman–Crippen LogP) is 3.25. The van der Waals surface area contributed by atoms with Gasteiger partial charge in [-0.3, -0.25) is 4.39 Å². The van der Waals surface area contributed by atoms with Gasteiger partial charge in [-0.15, -0.1) is 0 Å². The minimum atomic E-state index is -0.241. The molecule has 0 radical (unpaired) electrons. The molecule has 17 heavy (non-hydrogen) atoms. The second kappa shape index (κ2) is 8.07. The number of halogens is 1. The molecule has 92 valence electrons. The summed E-state index contributed by atoms with van der Waals surface area (Å²) in [4.78, 5) is 6.04. The van der Waals surface area contributed by atoms with Crippen molar-refractivity contribution in [1.82, 2.24) is 4.90 Å². The van der Waals surface area contributed by atoms with Crippen molar-refractivity contribution < 1.29 is 4.39 Å². The van der Waals surface area contributed by atoms with Gasteiger partial charge in [-0.1, -0.05) is 12.1 Å². The molecule has 0 saturated heterocycles. The van der Waals surface area contributed by atoms with Crippen LogP contribution in [0.15, 0.2) is 29.3 Å². The predicted molar refractivity (Wildman–Crippen MR) is 72.9 cm³/mol. The number of hydrogen-bond acceptors (Lipinski definition) is 3. The van der Waals surface area contributed by atoms with Gasteiger partial charge in [0.15, 0.2) is 0 Å². The number of thiocarbonyl (C=S) groups is 1. The van der Waals surface area contributed by atoms with Crippen LogP contribution in [-0.4, -0.2) is 36.9 Å². The maximum Gasteiger partial charge on any atom is 0.0906 e. The summed E-state index contributed by atoms with van der Waals surface area (Å²) in [6.07, 6.45) is 1.57. The molecule has 0 bridgehead atoms. The Morgan fingerprint density at radius 3 is 2.59 bits per heavy atom. The lowest BCUT2D eigenvalue weighted by Gasteiger charge is -2.15. The molecular weight excluding hydrogens is 234 g/mol. The molecule has 0 aliphatic carbocycles. The summed E-state index contributed by atoms with van der Waals surface area (Å²) in [7, 11) is 2.01. The van der Waals surface area contributed by atoms with Gasteiger partial charge < -0.3 is 4.90 Å². The molecule has 0 fully saturated rings. The lowest BCUT2D eigenvalue weighted by atomic mass is 10.1. The molecule has 1 aromatic carbocycles. The fourth-order valence-electron chi connectivity index (χ4n) is 1.55. The molecule has 1 aromatic rings. The molecule has 1 rings (SSSR count). The van der Waals surface area contributed by atoms with E-state index >= 15 is 0 Å². The monoisotopic (exact) mass is 251 g/mol. The van der Waals surface area contributed by atoms with E-state index in [1.807, 2.05) is 31.3 Å². The molecule has 0 heterocycles. The first-order chi connectivity index (χ1) is 8.26. The van der Waals surface area contributed by atoms with E-state index in [0.717, 1.165) is 25.2 Å². The smallest absolute Gasteiger partial charge is 0.0906 e. The highest BCUT2D eigenvalue weighted by Crippen LogP contribution is 2.12. The first-order valence-corrected chi connectivity index (χ1v) is 6.08. The van der Waals surface area contributed by atoms with Crippen LogP contribution in [0.5, 0.6) is 0 Å². The number of nitrogens with zero attached hydrogens (tertiary/aromatic N) is 2. The quantitative estimate of drug-likeness (QED) is 0.546. The molecule has 0 N–H and O–H groups in total. The van der Waals surface area contributed by atoms with E-state index in [1.54, 1.807) is 0 Å². The van der Waals surface area contributed by atoms with Crippen molar-refractivity contribution in [3.8, 4) is 0 Å². The summed E-state index contributed by atoms with van der Waals surface area (Å²) in [5.41, 5.74) is 2.08. The minimum absolute atomic E-state index is 0.241. The van der Waals surface area contributed by atoms with Gasteiger partial charge in [0.1, 0.15) is 0 Å². The van der Waals surface area contributed by atoms with Gasteiger partial charge in [-0.25, -0.2) is 0 Å². The molecule has 4 heteroatoms. The summed E-state index contributed by atoms with van der Waals surface area (Å²) in [6.45, 7) is 1.51. The Balaban J connectivity index is 2.38. The first-order valence-electron chi connectivity index (χ1n) is 5.67. The number of likely N-dealkylation sites (N-methyl/N-ethyl adjacent to an activating group) is 1. The van der Waals surface area contributed by atoms with Crippen LogP contribution in [0.2, 0.25) is 0 Å². The maximum atomic E-state index is 12.0. The highest BCUT2D eigenvalue weighted by Gasteiger charge is 1.99. The Morgan fingerprint density at radius 1 is 1.29 bits per heavy atom. The van der Waals surface area contributed by atoms with Gasteiger partial charge in [0.05, 0.1) is 17.5 Å². The van der Waals surface area contributed by atoms with Crippen molar-refractivity contribution >= 4 is 23.1 Å². The van der Waals surface area contributed by atoms with Crippen molar-refractivity contribution in [2.24, 2.45) is 4.99 Å². The van der Waals surface area contributed by atoms with Crippen LogP contribution in [0, 0.1) is 0 Å². The third-order valence-corrected chi connectivity index (χ3v) is 2.66. The zero-order valence-corrected chi connectivity index (χ0v) is 10.8. The lowest BCUT2D eigenvalue weighted by Crippen LogP contribution is -2.22. The zero-order chi connectivity index (χ0) is 12.5. The van der Waals surface area contributed by atoms with E-state index in [4.69, 9.17) is 0 Å². The largest absolute Gasteiger partial charge is 0.306 e. The highest BCUT2D eigenvalue weighted by molar-refractivity contribution is 7.78. The molecule has 0 spiro atoms. The second-order valence-corrected chi connectivity index (χ2v) is 4.15. The van der Waals surface area contributed by atoms with E-state index in [-0.39, 0.29) is 6.67 Å². The normalized spacial score (nSPS) is 10.3. The van der Waals surface area contributed by atoms with Gasteiger partial charge in [-0.2, -0.15) is 4.99 Å². The van der Waals surface area contributed by atoms with Crippen LogP contribution in [0.1, 0.15) is 12.0 Å². The Bertz CT molecular complexity index is 372. The third kappa shape index (κ3) is 5.68. The molecule has 0 saturated carbocycles. The molecule has 0 atom stereocenters. The topological polar surface area (TPSA) is 15.6 Å². The van der Waals surface area contributed by atoms with Gasteiger partial charge >= 0.3 is 0 Å².